The molecule has 3 heterocycles. The lowest BCUT2D eigenvalue weighted by atomic mass is 9.99. The van der Waals surface area contributed by atoms with E-state index >= 15 is 0 Å². The highest BCUT2D eigenvalue weighted by Crippen LogP contribution is 2.41. The van der Waals surface area contributed by atoms with E-state index in [1.807, 2.05) is 0 Å². The van der Waals surface area contributed by atoms with Crippen LogP contribution in [0.15, 0.2) is 18.3 Å². The standard InChI is InChI=1S/C31H41Cl2N5O10/c32-23-17-21(29-22-18-37(27(41)20-39)5-1-24(22)35-31(29)30(23)33)25-2-6-38(36-25)19-26(40)34-4-8-45-10-12-47-14-16-48-15-13-46-11-9-44-7-3-28(42)43/h2,6,17,35,39H,1,3-5,7-16,18-20H2,(H,34,40)(H,42,43). The summed E-state index contributed by atoms with van der Waals surface area (Å²) in [5.41, 5.74) is 3.83. The van der Waals surface area contributed by atoms with E-state index in [4.69, 9.17) is 52.0 Å². The third kappa shape index (κ3) is 11.1. The van der Waals surface area contributed by atoms with Gasteiger partial charge in [0.25, 0.3) is 0 Å². The fraction of sp³-hybridized carbons (Fsp3) is 0.548. The van der Waals surface area contributed by atoms with E-state index in [2.05, 4.69) is 15.4 Å². The number of hydrogen-bond donors (Lipinski definition) is 4. The molecule has 1 aromatic carbocycles. The maximum absolute atomic E-state index is 12.5. The van der Waals surface area contributed by atoms with Crippen LogP contribution >= 0.6 is 23.2 Å². The molecule has 0 atom stereocenters. The van der Waals surface area contributed by atoms with Gasteiger partial charge < -0.3 is 49.1 Å². The van der Waals surface area contributed by atoms with Crippen LogP contribution in [0.4, 0.5) is 0 Å². The van der Waals surface area contributed by atoms with Crippen molar-refractivity contribution in [1.82, 2.24) is 25.0 Å². The third-order valence-electron chi connectivity index (χ3n) is 7.37. The van der Waals surface area contributed by atoms with Crippen LogP contribution in [-0.4, -0.2) is 133 Å². The zero-order valence-electron chi connectivity index (χ0n) is 26.5. The monoisotopic (exact) mass is 713 g/mol. The van der Waals surface area contributed by atoms with Crippen LogP contribution < -0.4 is 5.32 Å². The Morgan fingerprint density at radius 1 is 0.938 bits per heavy atom. The van der Waals surface area contributed by atoms with Crippen LogP contribution in [0.1, 0.15) is 17.7 Å². The predicted molar refractivity (Wildman–Crippen MR) is 175 cm³/mol. The van der Waals surface area contributed by atoms with E-state index in [1.165, 1.54) is 4.68 Å². The highest BCUT2D eigenvalue weighted by molar-refractivity contribution is 6.45. The van der Waals surface area contributed by atoms with Crippen LogP contribution in [0.3, 0.4) is 0 Å². The van der Waals surface area contributed by atoms with Crippen molar-refractivity contribution in [2.24, 2.45) is 0 Å². The number of ether oxygens (including phenoxy) is 5. The Bertz CT molecular complexity index is 1510. The molecule has 0 radical (unpaired) electrons. The largest absolute Gasteiger partial charge is 0.481 e. The minimum absolute atomic E-state index is 0.00318. The number of aromatic amines is 1. The first-order chi connectivity index (χ1) is 23.3. The molecule has 0 aliphatic carbocycles. The summed E-state index contributed by atoms with van der Waals surface area (Å²) in [5, 5.41) is 26.8. The van der Waals surface area contributed by atoms with Crippen LogP contribution in [0.5, 0.6) is 0 Å². The number of fused-ring (bicyclic) bond motifs is 3. The quantitative estimate of drug-likeness (QED) is 0.111. The lowest BCUT2D eigenvalue weighted by Gasteiger charge is -2.26. The highest BCUT2D eigenvalue weighted by atomic mass is 35.5. The molecule has 0 bridgehead atoms. The number of carboxylic acid groups (broad SMARTS) is 1. The van der Waals surface area contributed by atoms with Gasteiger partial charge in [0, 0.05) is 54.5 Å². The zero-order valence-corrected chi connectivity index (χ0v) is 28.0. The number of carbonyl (C=O) groups excluding carboxylic acids is 2. The molecule has 1 aliphatic heterocycles. The first-order valence-corrected chi connectivity index (χ1v) is 16.3. The van der Waals surface area contributed by atoms with E-state index in [0.717, 1.165) is 22.2 Å². The van der Waals surface area contributed by atoms with Gasteiger partial charge in [-0.3, -0.25) is 19.1 Å². The molecule has 4 rings (SSSR count). The maximum Gasteiger partial charge on any atom is 0.305 e. The Labute approximate surface area is 287 Å². The first kappa shape index (κ1) is 37.5. The molecule has 0 saturated heterocycles. The number of hydrogen-bond acceptors (Lipinski definition) is 10. The summed E-state index contributed by atoms with van der Waals surface area (Å²) in [5.74, 6) is -1.47. The summed E-state index contributed by atoms with van der Waals surface area (Å²) in [6, 6.07) is 3.52. The van der Waals surface area contributed by atoms with Gasteiger partial charge in [0.1, 0.15) is 13.2 Å². The van der Waals surface area contributed by atoms with Crippen LogP contribution in [-0.2, 0) is 57.6 Å². The molecule has 0 spiro atoms. The summed E-state index contributed by atoms with van der Waals surface area (Å²) < 4.78 is 28.3. The molecule has 2 aromatic heterocycles. The molecule has 264 valence electrons. The van der Waals surface area contributed by atoms with Crippen molar-refractivity contribution in [3.8, 4) is 11.3 Å². The van der Waals surface area contributed by atoms with Gasteiger partial charge in [0.15, 0.2) is 0 Å². The fourth-order valence-corrected chi connectivity index (χ4v) is 5.45. The highest BCUT2D eigenvalue weighted by Gasteiger charge is 2.27. The number of carbonyl (C=O) groups is 3. The van der Waals surface area contributed by atoms with Gasteiger partial charge in [-0.05, 0) is 12.1 Å². The van der Waals surface area contributed by atoms with E-state index in [0.29, 0.717) is 107 Å². The van der Waals surface area contributed by atoms with Crippen LogP contribution in [0.25, 0.3) is 22.2 Å². The second kappa shape index (κ2) is 19.7. The number of halogens is 2. The summed E-state index contributed by atoms with van der Waals surface area (Å²) >= 11 is 13.0. The van der Waals surface area contributed by atoms with Crippen molar-refractivity contribution < 1.29 is 48.3 Å². The Balaban J connectivity index is 1.11. The SMILES string of the molecule is O=C(O)CCOCCOCCOCCOCCOCCNC(=O)Cn1ccc(-c2cc(Cl)c(Cl)c3[nH]c4c(c23)CN(C(=O)CO)CC4)n1. The Morgan fingerprint density at radius 3 is 2.19 bits per heavy atom. The molecule has 48 heavy (non-hydrogen) atoms. The number of nitrogens with zero attached hydrogens (tertiary/aromatic N) is 3. The van der Waals surface area contributed by atoms with E-state index < -0.39 is 12.6 Å². The van der Waals surface area contributed by atoms with Gasteiger partial charge in [-0.2, -0.15) is 5.10 Å². The average Bonchev–Trinajstić information content (AvgIpc) is 3.70. The number of aliphatic hydroxyl groups excluding tert-OH is 1. The molecular formula is C31H41Cl2N5O10. The van der Waals surface area contributed by atoms with Crippen molar-refractivity contribution in [3.63, 3.8) is 0 Å². The lowest BCUT2D eigenvalue weighted by molar-refractivity contribution is -0.138. The molecule has 3 aromatic rings. The molecule has 17 heteroatoms. The summed E-state index contributed by atoms with van der Waals surface area (Å²) in [6.07, 6.45) is 2.26. The molecule has 2 amide bonds. The van der Waals surface area contributed by atoms with Crippen molar-refractivity contribution in [2.45, 2.75) is 25.9 Å². The number of aromatic nitrogens is 3. The number of aliphatic hydroxyl groups is 1. The van der Waals surface area contributed by atoms with Gasteiger partial charge in [-0.1, -0.05) is 23.2 Å². The van der Waals surface area contributed by atoms with Crippen molar-refractivity contribution in [2.75, 3.05) is 85.8 Å². The number of nitrogens with one attached hydrogen (secondary N) is 2. The van der Waals surface area contributed by atoms with Gasteiger partial charge in [0.2, 0.25) is 11.8 Å². The third-order valence-corrected chi connectivity index (χ3v) is 8.16. The zero-order chi connectivity index (χ0) is 34.3. The van der Waals surface area contributed by atoms with Crippen molar-refractivity contribution in [1.29, 1.82) is 0 Å². The van der Waals surface area contributed by atoms with Crippen LogP contribution in [0.2, 0.25) is 10.0 Å². The Kier molecular flexibility index (Phi) is 15.4. The normalized spacial score (nSPS) is 12.9. The second-order valence-electron chi connectivity index (χ2n) is 10.7. The number of rotatable bonds is 22. The Hall–Kier alpha value is -3.28. The molecule has 0 fully saturated rings. The number of benzene rings is 1. The molecule has 0 saturated carbocycles. The van der Waals surface area contributed by atoms with Gasteiger partial charge >= 0.3 is 5.97 Å². The molecule has 4 N–H and O–H groups in total. The first-order valence-electron chi connectivity index (χ1n) is 15.6. The lowest BCUT2D eigenvalue weighted by Crippen LogP contribution is -2.37. The van der Waals surface area contributed by atoms with E-state index in [9.17, 15) is 19.5 Å². The van der Waals surface area contributed by atoms with Crippen molar-refractivity contribution in [3.05, 3.63) is 39.6 Å². The predicted octanol–water partition coefficient (Wildman–Crippen LogP) is 1.89. The van der Waals surface area contributed by atoms with Gasteiger partial charge in [-0.15, -0.1) is 0 Å². The molecule has 0 unspecified atom stereocenters. The molecular weight excluding hydrogens is 673 g/mol. The smallest absolute Gasteiger partial charge is 0.305 e. The number of amides is 2. The fourth-order valence-electron chi connectivity index (χ4n) is 5.05. The average molecular weight is 715 g/mol. The maximum atomic E-state index is 12.5. The van der Waals surface area contributed by atoms with Gasteiger partial charge in [-0.25, -0.2) is 0 Å². The molecule has 1 aliphatic rings. The van der Waals surface area contributed by atoms with E-state index in [1.54, 1.807) is 23.2 Å². The topological polar surface area (TPSA) is 187 Å². The minimum atomic E-state index is -0.892. The number of carboxylic acids is 1. The molecule has 15 nitrogen and oxygen atoms in total. The minimum Gasteiger partial charge on any atom is -0.481 e. The second-order valence-corrected chi connectivity index (χ2v) is 11.5. The summed E-state index contributed by atoms with van der Waals surface area (Å²) in [4.78, 5) is 40.1. The summed E-state index contributed by atoms with van der Waals surface area (Å²) in [7, 11) is 0. The van der Waals surface area contributed by atoms with Crippen molar-refractivity contribution >= 4 is 51.9 Å². The van der Waals surface area contributed by atoms with Gasteiger partial charge in [0.05, 0.1) is 93.7 Å². The number of H-pyrrole nitrogens is 1. The summed E-state index contributed by atoms with van der Waals surface area (Å²) in [6.45, 7) is 4.18. The number of aliphatic carboxylic acids is 1. The van der Waals surface area contributed by atoms with Crippen LogP contribution in [0, 0.1) is 0 Å². The van der Waals surface area contributed by atoms with E-state index in [-0.39, 0.29) is 31.4 Å². The Morgan fingerprint density at radius 2 is 1.56 bits per heavy atom.